The van der Waals surface area contributed by atoms with Crippen molar-refractivity contribution < 1.29 is 4.79 Å². The van der Waals surface area contributed by atoms with Crippen molar-refractivity contribution in [3.8, 4) is 17.5 Å². The average Bonchev–Trinajstić information content (AvgIpc) is 3.34. The van der Waals surface area contributed by atoms with Crippen molar-refractivity contribution in [1.82, 2.24) is 20.1 Å². The lowest BCUT2D eigenvalue weighted by Gasteiger charge is -2.33. The Labute approximate surface area is 214 Å². The molecule has 1 aliphatic rings. The molecule has 1 saturated heterocycles. The molecule has 1 amide bonds. The van der Waals surface area contributed by atoms with Gasteiger partial charge in [0, 0.05) is 43.0 Å². The monoisotopic (exact) mass is 484 g/mol. The number of nitrogens with zero attached hydrogens (tertiary/aromatic N) is 5. The number of H-pyrrole nitrogens is 1. The minimum absolute atomic E-state index is 0.0726. The fourth-order valence-electron chi connectivity index (χ4n) is 5.14. The summed E-state index contributed by atoms with van der Waals surface area (Å²) >= 11 is 0. The van der Waals surface area contributed by atoms with Crippen LogP contribution < -0.4 is 4.90 Å². The Hall–Kier alpha value is -3.66. The van der Waals surface area contributed by atoms with Crippen LogP contribution in [0.2, 0.25) is 0 Å². The molecule has 7 nitrogen and oxygen atoms in total. The number of piperidine rings is 1. The molecular weight excluding hydrogens is 448 g/mol. The lowest BCUT2D eigenvalue weighted by molar-refractivity contribution is 0.0712. The molecule has 4 rings (SSSR count). The molecule has 2 aromatic carbocycles. The Morgan fingerprint density at radius 2 is 1.78 bits per heavy atom. The Morgan fingerprint density at radius 3 is 2.33 bits per heavy atom. The normalized spacial score (nSPS) is 14.0. The summed E-state index contributed by atoms with van der Waals surface area (Å²) in [5.74, 6) is 1.87. The van der Waals surface area contributed by atoms with Crippen LogP contribution in [0, 0.1) is 25.2 Å². The number of hydrogen-bond acceptors (Lipinski definition) is 5. The summed E-state index contributed by atoms with van der Waals surface area (Å²) in [4.78, 5) is 22.7. The molecule has 2 heterocycles. The van der Waals surface area contributed by atoms with Gasteiger partial charge in [-0.05, 0) is 80.8 Å². The number of carbonyl (C=O) groups excluding carboxylic acids is 1. The first-order chi connectivity index (χ1) is 17.4. The number of nitrogens with one attached hydrogen (secondary N) is 1. The highest BCUT2D eigenvalue weighted by molar-refractivity contribution is 5.98. The van der Waals surface area contributed by atoms with Gasteiger partial charge in [0.15, 0.2) is 5.82 Å². The molecular formula is C29H36N6O. The highest BCUT2D eigenvalue weighted by atomic mass is 16.2. The number of rotatable bonds is 8. The fraction of sp³-hybridized carbons (Fsp3) is 0.448. The molecule has 0 saturated carbocycles. The zero-order valence-corrected chi connectivity index (χ0v) is 21.8. The average molecular weight is 485 g/mol. The number of aromatic amines is 1. The van der Waals surface area contributed by atoms with Gasteiger partial charge in [-0.2, -0.15) is 10.4 Å². The van der Waals surface area contributed by atoms with E-state index in [1.165, 1.54) is 5.56 Å². The third-order valence-corrected chi connectivity index (χ3v) is 7.03. The molecule has 36 heavy (non-hydrogen) atoms. The highest BCUT2D eigenvalue weighted by Gasteiger charge is 2.27. The van der Waals surface area contributed by atoms with Crippen molar-refractivity contribution in [2.24, 2.45) is 0 Å². The van der Waals surface area contributed by atoms with E-state index in [0.29, 0.717) is 17.3 Å². The van der Waals surface area contributed by atoms with Gasteiger partial charge in [0.1, 0.15) is 5.82 Å². The van der Waals surface area contributed by atoms with Crippen molar-refractivity contribution >= 4 is 11.6 Å². The molecule has 0 bridgehead atoms. The number of nitriles is 1. The first-order valence-corrected chi connectivity index (χ1v) is 13.0. The zero-order chi connectivity index (χ0) is 25.7. The zero-order valence-electron chi connectivity index (χ0n) is 21.8. The van der Waals surface area contributed by atoms with Crippen molar-refractivity contribution in [3.05, 3.63) is 64.5 Å². The predicted octanol–water partition coefficient (Wildman–Crippen LogP) is 5.61. The second-order valence-corrected chi connectivity index (χ2v) is 9.72. The number of carbonyl (C=O) groups is 1. The maximum Gasteiger partial charge on any atom is 0.254 e. The van der Waals surface area contributed by atoms with Crippen LogP contribution in [0.15, 0.2) is 36.4 Å². The van der Waals surface area contributed by atoms with Gasteiger partial charge in [0.05, 0.1) is 11.6 Å². The molecule has 1 aromatic heterocycles. The molecule has 1 N–H and O–H groups in total. The van der Waals surface area contributed by atoms with Crippen molar-refractivity contribution in [1.29, 1.82) is 5.26 Å². The first kappa shape index (κ1) is 25.4. The van der Waals surface area contributed by atoms with E-state index in [-0.39, 0.29) is 5.91 Å². The fourth-order valence-corrected chi connectivity index (χ4v) is 5.14. The van der Waals surface area contributed by atoms with E-state index in [0.717, 1.165) is 80.1 Å². The number of aromatic nitrogens is 3. The Bertz CT molecular complexity index is 1230. The summed E-state index contributed by atoms with van der Waals surface area (Å²) in [5.41, 5.74) is 5.63. The van der Waals surface area contributed by atoms with Crippen molar-refractivity contribution in [2.75, 3.05) is 31.1 Å². The summed E-state index contributed by atoms with van der Waals surface area (Å²) in [6.07, 6.45) is 3.92. The second kappa shape index (κ2) is 11.4. The minimum atomic E-state index is 0.0726. The summed E-state index contributed by atoms with van der Waals surface area (Å²) in [5, 5.41) is 16.5. The Morgan fingerprint density at radius 1 is 1.11 bits per heavy atom. The molecule has 1 aliphatic heterocycles. The van der Waals surface area contributed by atoms with Crippen molar-refractivity contribution in [2.45, 2.75) is 59.3 Å². The molecule has 1 fully saturated rings. The Balaban J connectivity index is 1.59. The molecule has 0 spiro atoms. The van der Waals surface area contributed by atoms with E-state index < -0.39 is 0 Å². The summed E-state index contributed by atoms with van der Waals surface area (Å²) < 4.78 is 0. The van der Waals surface area contributed by atoms with Crippen LogP contribution in [-0.4, -0.2) is 52.2 Å². The van der Waals surface area contributed by atoms with Gasteiger partial charge in [-0.25, -0.2) is 4.98 Å². The van der Waals surface area contributed by atoms with E-state index in [9.17, 15) is 4.79 Å². The third-order valence-electron chi connectivity index (χ3n) is 7.03. The first-order valence-electron chi connectivity index (χ1n) is 13.0. The molecule has 0 atom stereocenters. The molecule has 0 aliphatic carbocycles. The van der Waals surface area contributed by atoms with Crippen LogP contribution in [0.3, 0.4) is 0 Å². The maximum atomic E-state index is 13.7. The molecule has 7 heteroatoms. The number of anilines is 1. The number of likely N-dealkylation sites (tertiary alicyclic amines) is 1. The van der Waals surface area contributed by atoms with E-state index in [1.54, 1.807) is 0 Å². The minimum Gasteiger partial charge on any atom is -0.371 e. The number of amides is 1. The molecule has 188 valence electrons. The summed E-state index contributed by atoms with van der Waals surface area (Å²) in [7, 11) is 0. The van der Waals surface area contributed by atoms with Gasteiger partial charge in [-0.1, -0.05) is 26.0 Å². The molecule has 0 radical (unpaired) electrons. The number of aryl methyl sites for hydroxylation is 2. The van der Waals surface area contributed by atoms with E-state index in [1.807, 2.05) is 49.1 Å². The third kappa shape index (κ3) is 5.43. The largest absolute Gasteiger partial charge is 0.371 e. The SMILES string of the molecule is CCCN(CCC)c1cc(C)c(C(=O)N2CCC(c3ccc(C#N)cc3)CC2)cc1-c1n[nH]c(C)n1. The maximum absolute atomic E-state index is 13.7. The smallest absolute Gasteiger partial charge is 0.254 e. The highest BCUT2D eigenvalue weighted by Crippen LogP contribution is 2.34. The van der Waals surface area contributed by atoms with Crippen molar-refractivity contribution in [3.63, 3.8) is 0 Å². The standard InChI is InChI=1S/C29H36N6O/c1-5-13-34(14-6-2)27-17-20(3)25(18-26(27)28-31-21(4)32-33-28)29(36)35-15-11-24(12-16-35)23-9-7-22(19-30)8-10-23/h7-10,17-18,24H,5-6,11-16H2,1-4H3,(H,31,32,33). The van der Waals surface area contributed by atoms with Crippen LogP contribution in [0.4, 0.5) is 5.69 Å². The Kier molecular flexibility index (Phi) is 8.04. The summed E-state index contributed by atoms with van der Waals surface area (Å²) in [6, 6.07) is 14.2. The number of hydrogen-bond donors (Lipinski definition) is 1. The van der Waals surface area contributed by atoms with Crippen LogP contribution in [0.25, 0.3) is 11.4 Å². The van der Waals surface area contributed by atoms with E-state index in [4.69, 9.17) is 5.26 Å². The van der Waals surface area contributed by atoms with E-state index in [2.05, 4.69) is 46.1 Å². The van der Waals surface area contributed by atoms with Crippen LogP contribution in [0.1, 0.15) is 78.3 Å². The second-order valence-electron chi connectivity index (χ2n) is 9.72. The van der Waals surface area contributed by atoms with Gasteiger partial charge in [0.2, 0.25) is 0 Å². The van der Waals surface area contributed by atoms with Gasteiger partial charge in [0.25, 0.3) is 5.91 Å². The van der Waals surface area contributed by atoms with E-state index >= 15 is 0 Å². The quantitative estimate of drug-likeness (QED) is 0.449. The lowest BCUT2D eigenvalue weighted by atomic mass is 9.88. The van der Waals surface area contributed by atoms with Gasteiger partial charge in [-0.3, -0.25) is 9.89 Å². The predicted molar refractivity (Wildman–Crippen MR) is 143 cm³/mol. The topological polar surface area (TPSA) is 88.9 Å². The molecule has 3 aromatic rings. The molecule has 0 unspecified atom stereocenters. The van der Waals surface area contributed by atoms with Gasteiger partial charge in [-0.15, -0.1) is 0 Å². The lowest BCUT2D eigenvalue weighted by Crippen LogP contribution is -2.38. The van der Waals surface area contributed by atoms with Gasteiger partial charge >= 0.3 is 0 Å². The van der Waals surface area contributed by atoms with Crippen LogP contribution in [0.5, 0.6) is 0 Å². The van der Waals surface area contributed by atoms with Crippen LogP contribution in [-0.2, 0) is 0 Å². The van der Waals surface area contributed by atoms with Gasteiger partial charge < -0.3 is 9.80 Å². The van der Waals surface area contributed by atoms with Crippen LogP contribution >= 0.6 is 0 Å². The summed E-state index contributed by atoms with van der Waals surface area (Å²) in [6.45, 7) is 11.6. The number of benzene rings is 2.